The van der Waals surface area contributed by atoms with E-state index < -0.39 is 0 Å². The van der Waals surface area contributed by atoms with E-state index >= 15 is 0 Å². The molecule has 7 heteroatoms. The van der Waals surface area contributed by atoms with Crippen LogP contribution in [-0.2, 0) is 6.42 Å². The second-order valence-electron chi connectivity index (χ2n) is 7.29. The number of rotatable bonds is 5. The van der Waals surface area contributed by atoms with Crippen molar-refractivity contribution in [1.29, 1.82) is 0 Å². The molecular formula is C23H23N5O2. The molecule has 0 aliphatic carbocycles. The molecule has 30 heavy (non-hydrogen) atoms. The lowest BCUT2D eigenvalue weighted by Gasteiger charge is -2.10. The number of benzene rings is 2. The third-order valence-electron chi connectivity index (χ3n) is 5.01. The summed E-state index contributed by atoms with van der Waals surface area (Å²) in [6, 6.07) is 13.7. The van der Waals surface area contributed by atoms with Gasteiger partial charge >= 0.3 is 0 Å². The van der Waals surface area contributed by atoms with Crippen LogP contribution >= 0.6 is 0 Å². The lowest BCUT2D eigenvalue weighted by atomic mass is 10.0. The molecule has 4 rings (SSSR count). The molecule has 0 aliphatic heterocycles. The van der Waals surface area contributed by atoms with E-state index in [4.69, 9.17) is 4.74 Å². The van der Waals surface area contributed by atoms with Gasteiger partial charge in [0.05, 0.1) is 24.0 Å². The summed E-state index contributed by atoms with van der Waals surface area (Å²) in [4.78, 5) is 29.0. The summed E-state index contributed by atoms with van der Waals surface area (Å²) < 4.78 is 5.27. The van der Waals surface area contributed by atoms with Crippen LogP contribution < -0.4 is 15.6 Å². The van der Waals surface area contributed by atoms with Crippen LogP contribution in [0, 0.1) is 20.8 Å². The molecule has 2 aromatic heterocycles. The molecule has 0 saturated carbocycles. The first-order valence-electron chi connectivity index (χ1n) is 9.67. The van der Waals surface area contributed by atoms with Gasteiger partial charge in [-0.2, -0.15) is 0 Å². The van der Waals surface area contributed by atoms with Gasteiger partial charge in [-0.15, -0.1) is 0 Å². The van der Waals surface area contributed by atoms with E-state index in [9.17, 15) is 4.79 Å². The van der Waals surface area contributed by atoms with Gasteiger partial charge in [-0.1, -0.05) is 29.8 Å². The molecule has 7 nitrogen and oxygen atoms in total. The van der Waals surface area contributed by atoms with Crippen molar-refractivity contribution >= 4 is 22.8 Å². The highest BCUT2D eigenvalue weighted by atomic mass is 16.5. The van der Waals surface area contributed by atoms with Crippen LogP contribution in [0.4, 0.5) is 11.9 Å². The summed E-state index contributed by atoms with van der Waals surface area (Å²) in [6.45, 7) is 5.78. The van der Waals surface area contributed by atoms with Gasteiger partial charge in [-0.25, -0.2) is 15.0 Å². The number of ether oxygens (including phenoxy) is 1. The molecule has 0 atom stereocenters. The molecule has 2 N–H and O–H groups in total. The van der Waals surface area contributed by atoms with Crippen LogP contribution in [0.1, 0.15) is 28.1 Å². The second-order valence-corrected chi connectivity index (χ2v) is 7.29. The zero-order chi connectivity index (χ0) is 21.3. The minimum absolute atomic E-state index is 0.172. The Balaban J connectivity index is 1.63. The van der Waals surface area contributed by atoms with Gasteiger partial charge in [-0.05, 0) is 44.5 Å². The van der Waals surface area contributed by atoms with Crippen molar-refractivity contribution in [1.82, 2.24) is 19.9 Å². The monoisotopic (exact) mass is 401 g/mol. The Bertz CT molecular complexity index is 1300. The fourth-order valence-electron chi connectivity index (χ4n) is 3.45. The molecule has 0 aliphatic rings. The van der Waals surface area contributed by atoms with Gasteiger partial charge < -0.3 is 4.74 Å². The Kier molecular flexibility index (Phi) is 5.18. The number of aryl methyl sites for hydroxylation is 3. The minimum atomic E-state index is -0.172. The largest absolute Gasteiger partial charge is 0.497 e. The SMILES string of the molecule is COc1ccc2nc(Nc3nc(C)c(Cc4cccc(C)c4)c(=O)[nH]3)nc(C)c2c1. The number of hydrogen-bond acceptors (Lipinski definition) is 6. The fourth-order valence-corrected chi connectivity index (χ4v) is 3.45. The van der Waals surface area contributed by atoms with E-state index in [-0.39, 0.29) is 5.56 Å². The second kappa shape index (κ2) is 7.94. The Labute approximate surface area is 174 Å². The molecule has 0 amide bonds. The number of nitrogens with one attached hydrogen (secondary N) is 2. The Morgan fingerprint density at radius 1 is 1.00 bits per heavy atom. The van der Waals surface area contributed by atoms with Crippen LogP contribution in [0.15, 0.2) is 47.3 Å². The average Bonchev–Trinajstić information content (AvgIpc) is 2.71. The summed E-state index contributed by atoms with van der Waals surface area (Å²) in [5, 5.41) is 3.94. The number of aromatic nitrogens is 4. The van der Waals surface area contributed by atoms with E-state index in [2.05, 4.69) is 31.3 Å². The average molecular weight is 401 g/mol. The highest BCUT2D eigenvalue weighted by Crippen LogP contribution is 2.23. The van der Waals surface area contributed by atoms with Crippen LogP contribution in [0.3, 0.4) is 0 Å². The maximum Gasteiger partial charge on any atom is 0.256 e. The normalized spacial score (nSPS) is 10.9. The number of fused-ring (bicyclic) bond motifs is 1. The summed E-state index contributed by atoms with van der Waals surface area (Å²) >= 11 is 0. The third-order valence-corrected chi connectivity index (χ3v) is 5.01. The molecular weight excluding hydrogens is 378 g/mol. The summed E-state index contributed by atoms with van der Waals surface area (Å²) in [7, 11) is 1.63. The summed E-state index contributed by atoms with van der Waals surface area (Å²) in [6.07, 6.45) is 0.531. The maximum atomic E-state index is 12.7. The number of aromatic amines is 1. The molecule has 0 bridgehead atoms. The van der Waals surface area contributed by atoms with Crippen LogP contribution in [0.5, 0.6) is 5.75 Å². The van der Waals surface area contributed by atoms with Crippen LogP contribution in [-0.4, -0.2) is 27.0 Å². The molecule has 0 radical (unpaired) electrons. The summed E-state index contributed by atoms with van der Waals surface area (Å²) in [5.41, 5.74) is 4.97. The molecule has 2 aromatic carbocycles. The maximum absolute atomic E-state index is 12.7. The van der Waals surface area contributed by atoms with Crippen LogP contribution in [0.25, 0.3) is 10.9 Å². The first kappa shape index (κ1) is 19.6. The topological polar surface area (TPSA) is 92.8 Å². The number of H-pyrrole nitrogens is 1. The zero-order valence-corrected chi connectivity index (χ0v) is 17.4. The fraction of sp³-hybridized carbons (Fsp3) is 0.217. The zero-order valence-electron chi connectivity index (χ0n) is 17.4. The van der Waals surface area contributed by atoms with E-state index in [0.29, 0.717) is 29.6 Å². The van der Waals surface area contributed by atoms with E-state index in [1.54, 1.807) is 7.11 Å². The Hall–Kier alpha value is -3.74. The molecule has 152 valence electrons. The molecule has 0 saturated heterocycles. The van der Waals surface area contributed by atoms with Gasteiger partial charge in [0.15, 0.2) is 0 Å². The van der Waals surface area contributed by atoms with Gasteiger partial charge in [-0.3, -0.25) is 15.1 Å². The molecule has 0 unspecified atom stereocenters. The van der Waals surface area contributed by atoms with Gasteiger partial charge in [0.2, 0.25) is 11.9 Å². The van der Waals surface area contributed by atoms with Crippen molar-refractivity contribution in [3.05, 3.63) is 80.9 Å². The Morgan fingerprint density at radius 2 is 1.83 bits per heavy atom. The van der Waals surface area contributed by atoms with Gasteiger partial charge in [0, 0.05) is 17.4 Å². The Morgan fingerprint density at radius 3 is 2.57 bits per heavy atom. The number of anilines is 2. The lowest BCUT2D eigenvalue weighted by molar-refractivity contribution is 0.415. The number of hydrogen-bond donors (Lipinski definition) is 2. The third kappa shape index (κ3) is 4.00. The van der Waals surface area contributed by atoms with Gasteiger partial charge in [0.25, 0.3) is 5.56 Å². The molecule has 4 aromatic rings. The van der Waals surface area contributed by atoms with E-state index in [1.165, 1.54) is 0 Å². The predicted molar refractivity (Wildman–Crippen MR) is 118 cm³/mol. The molecule has 0 spiro atoms. The molecule has 2 heterocycles. The smallest absolute Gasteiger partial charge is 0.256 e. The van der Waals surface area contributed by atoms with Crippen molar-refractivity contribution in [3.8, 4) is 5.75 Å². The van der Waals surface area contributed by atoms with Crippen molar-refractivity contribution in [2.75, 3.05) is 12.4 Å². The first-order chi connectivity index (χ1) is 14.4. The van der Waals surface area contributed by atoms with Gasteiger partial charge in [0.1, 0.15) is 5.75 Å². The van der Waals surface area contributed by atoms with Crippen molar-refractivity contribution in [2.45, 2.75) is 27.2 Å². The highest BCUT2D eigenvalue weighted by Gasteiger charge is 2.12. The van der Waals surface area contributed by atoms with Crippen LogP contribution in [0.2, 0.25) is 0 Å². The van der Waals surface area contributed by atoms with Crippen molar-refractivity contribution in [3.63, 3.8) is 0 Å². The first-order valence-corrected chi connectivity index (χ1v) is 9.67. The number of methoxy groups -OCH3 is 1. The van der Waals surface area contributed by atoms with Crippen molar-refractivity contribution in [2.24, 2.45) is 0 Å². The lowest BCUT2D eigenvalue weighted by Crippen LogP contribution is -2.19. The minimum Gasteiger partial charge on any atom is -0.497 e. The highest BCUT2D eigenvalue weighted by molar-refractivity contribution is 5.83. The molecule has 0 fully saturated rings. The summed E-state index contributed by atoms with van der Waals surface area (Å²) in [5.74, 6) is 1.44. The van der Waals surface area contributed by atoms with E-state index in [0.717, 1.165) is 33.5 Å². The quantitative estimate of drug-likeness (QED) is 0.525. The van der Waals surface area contributed by atoms with Crippen molar-refractivity contribution < 1.29 is 4.74 Å². The van der Waals surface area contributed by atoms with E-state index in [1.807, 2.05) is 57.2 Å². The predicted octanol–water partition coefficient (Wildman–Crippen LogP) is 3.98. The standard InChI is InChI=1S/C23H23N5O2/c1-13-6-5-7-16(10-13)11-19-15(3)25-23(27-21(19)29)28-22-24-14(2)18-12-17(30-4)8-9-20(18)26-22/h5-10,12H,11H2,1-4H3,(H2,24,25,26,27,28,29). The number of nitrogens with zero attached hydrogens (tertiary/aromatic N) is 3.